The molecule has 0 aliphatic rings. The lowest BCUT2D eigenvalue weighted by molar-refractivity contribution is -0.137. The van der Waals surface area contributed by atoms with Crippen molar-refractivity contribution < 1.29 is 13.2 Å². The van der Waals surface area contributed by atoms with Crippen LogP contribution in [0.25, 0.3) is 0 Å². The third-order valence-electron chi connectivity index (χ3n) is 1.81. The molecule has 0 atom stereocenters. The summed E-state index contributed by atoms with van der Waals surface area (Å²) >= 11 is 1.61. The molecule has 0 aliphatic heterocycles. The topological polar surface area (TPSA) is 26.0 Å². The highest BCUT2D eigenvalue weighted by molar-refractivity contribution is 7.98. The molecule has 2 N–H and O–H groups in total. The SMILES string of the molecule is NCCSCc1ccc(C(F)(F)F)cc1. The molecule has 84 valence electrons. The van der Waals surface area contributed by atoms with Crippen LogP contribution < -0.4 is 5.73 Å². The fraction of sp³-hybridized carbons (Fsp3) is 0.400. The minimum absolute atomic E-state index is 0.589. The highest BCUT2D eigenvalue weighted by Crippen LogP contribution is 2.29. The molecule has 0 aliphatic carbocycles. The molecule has 0 bridgehead atoms. The van der Waals surface area contributed by atoms with E-state index in [1.807, 2.05) is 0 Å². The van der Waals surface area contributed by atoms with Gasteiger partial charge in [-0.3, -0.25) is 0 Å². The normalized spacial score (nSPS) is 11.7. The molecule has 1 aromatic rings. The molecule has 0 saturated carbocycles. The number of hydrogen-bond donors (Lipinski definition) is 1. The van der Waals surface area contributed by atoms with E-state index in [0.29, 0.717) is 12.3 Å². The molecule has 0 aromatic heterocycles. The Kier molecular flexibility index (Phi) is 4.47. The largest absolute Gasteiger partial charge is 0.416 e. The van der Waals surface area contributed by atoms with E-state index in [9.17, 15) is 13.2 Å². The van der Waals surface area contributed by atoms with Crippen LogP contribution in [0.15, 0.2) is 24.3 Å². The minimum Gasteiger partial charge on any atom is -0.330 e. The van der Waals surface area contributed by atoms with Gasteiger partial charge in [-0.1, -0.05) is 12.1 Å². The summed E-state index contributed by atoms with van der Waals surface area (Å²) in [5.41, 5.74) is 5.59. The van der Waals surface area contributed by atoms with Crippen molar-refractivity contribution in [1.29, 1.82) is 0 Å². The molecule has 1 aromatic carbocycles. The van der Waals surface area contributed by atoms with E-state index in [4.69, 9.17) is 5.73 Å². The zero-order valence-electron chi connectivity index (χ0n) is 8.05. The van der Waals surface area contributed by atoms with Gasteiger partial charge in [0.1, 0.15) is 0 Å². The second-order valence-corrected chi connectivity index (χ2v) is 4.14. The first kappa shape index (κ1) is 12.4. The average molecular weight is 235 g/mol. The second kappa shape index (κ2) is 5.42. The van der Waals surface area contributed by atoms with Crippen LogP contribution in [-0.2, 0) is 11.9 Å². The van der Waals surface area contributed by atoms with Crippen LogP contribution in [-0.4, -0.2) is 12.3 Å². The second-order valence-electron chi connectivity index (χ2n) is 3.04. The number of nitrogens with two attached hydrogens (primary N) is 1. The predicted molar refractivity (Wildman–Crippen MR) is 56.7 cm³/mol. The van der Waals surface area contributed by atoms with Crippen molar-refractivity contribution in [3.8, 4) is 0 Å². The summed E-state index contributed by atoms with van der Waals surface area (Å²) in [6.07, 6.45) is -4.25. The number of rotatable bonds is 4. The van der Waals surface area contributed by atoms with Gasteiger partial charge in [-0.15, -0.1) is 0 Å². The third kappa shape index (κ3) is 4.13. The fourth-order valence-corrected chi connectivity index (χ4v) is 1.80. The predicted octanol–water partition coefficient (Wildman–Crippen LogP) is 2.90. The first-order valence-corrected chi connectivity index (χ1v) is 5.63. The molecule has 0 fully saturated rings. The quantitative estimate of drug-likeness (QED) is 0.812. The first-order valence-electron chi connectivity index (χ1n) is 4.48. The lowest BCUT2D eigenvalue weighted by Crippen LogP contribution is -2.04. The van der Waals surface area contributed by atoms with Crippen molar-refractivity contribution in [3.05, 3.63) is 35.4 Å². The van der Waals surface area contributed by atoms with Gasteiger partial charge in [0.05, 0.1) is 5.56 Å². The average Bonchev–Trinajstić information content (AvgIpc) is 2.18. The van der Waals surface area contributed by atoms with Crippen LogP contribution in [0, 0.1) is 0 Å². The summed E-state index contributed by atoms with van der Waals surface area (Å²) in [5.74, 6) is 1.52. The smallest absolute Gasteiger partial charge is 0.330 e. The molecule has 1 nitrogen and oxygen atoms in total. The van der Waals surface area contributed by atoms with E-state index >= 15 is 0 Å². The van der Waals surface area contributed by atoms with Gasteiger partial charge in [0, 0.05) is 18.1 Å². The van der Waals surface area contributed by atoms with Crippen LogP contribution in [0.3, 0.4) is 0 Å². The Morgan fingerprint density at radius 1 is 1.13 bits per heavy atom. The van der Waals surface area contributed by atoms with E-state index in [-0.39, 0.29) is 0 Å². The lowest BCUT2D eigenvalue weighted by Gasteiger charge is -2.07. The fourth-order valence-electron chi connectivity index (χ4n) is 1.06. The lowest BCUT2D eigenvalue weighted by atomic mass is 10.1. The van der Waals surface area contributed by atoms with Gasteiger partial charge < -0.3 is 5.73 Å². The molecule has 0 radical (unpaired) electrons. The van der Waals surface area contributed by atoms with Crippen LogP contribution in [0.4, 0.5) is 13.2 Å². The molecule has 0 spiro atoms. The molecule has 0 unspecified atom stereocenters. The Labute approximate surface area is 90.9 Å². The van der Waals surface area contributed by atoms with Crippen LogP contribution in [0.5, 0.6) is 0 Å². The van der Waals surface area contributed by atoms with Crippen LogP contribution in [0.1, 0.15) is 11.1 Å². The summed E-state index contributed by atoms with van der Waals surface area (Å²) in [4.78, 5) is 0. The number of alkyl halides is 3. The number of halogens is 3. The molecular formula is C10H12F3NS. The standard InChI is InChI=1S/C10H12F3NS/c11-10(12,13)9-3-1-8(2-4-9)7-15-6-5-14/h1-4H,5-7,14H2. The van der Waals surface area contributed by atoms with Gasteiger partial charge in [0.2, 0.25) is 0 Å². The van der Waals surface area contributed by atoms with E-state index in [1.165, 1.54) is 12.1 Å². The molecule has 0 saturated heterocycles. The van der Waals surface area contributed by atoms with Gasteiger partial charge in [-0.2, -0.15) is 24.9 Å². The Hall–Kier alpha value is -0.680. The molecule has 15 heavy (non-hydrogen) atoms. The maximum Gasteiger partial charge on any atom is 0.416 e. The molecule has 0 amide bonds. The zero-order chi connectivity index (χ0) is 11.3. The Morgan fingerprint density at radius 3 is 2.20 bits per heavy atom. The highest BCUT2D eigenvalue weighted by Gasteiger charge is 2.29. The van der Waals surface area contributed by atoms with Crippen molar-refractivity contribution >= 4 is 11.8 Å². The van der Waals surface area contributed by atoms with Gasteiger partial charge >= 0.3 is 6.18 Å². The summed E-state index contributed by atoms with van der Waals surface area (Å²) in [6, 6.07) is 5.23. The molecular weight excluding hydrogens is 223 g/mol. The van der Waals surface area contributed by atoms with E-state index in [0.717, 1.165) is 23.4 Å². The Morgan fingerprint density at radius 2 is 1.73 bits per heavy atom. The first-order chi connectivity index (χ1) is 7.04. The minimum atomic E-state index is -4.25. The van der Waals surface area contributed by atoms with Crippen molar-refractivity contribution in [3.63, 3.8) is 0 Å². The monoisotopic (exact) mass is 235 g/mol. The number of hydrogen-bond acceptors (Lipinski definition) is 2. The Balaban J connectivity index is 2.57. The third-order valence-corrected chi connectivity index (χ3v) is 2.87. The number of benzene rings is 1. The zero-order valence-corrected chi connectivity index (χ0v) is 8.87. The van der Waals surface area contributed by atoms with Crippen molar-refractivity contribution in [2.45, 2.75) is 11.9 Å². The summed E-state index contributed by atoms with van der Waals surface area (Å²) < 4.78 is 36.6. The van der Waals surface area contributed by atoms with E-state index in [2.05, 4.69) is 0 Å². The van der Waals surface area contributed by atoms with E-state index < -0.39 is 11.7 Å². The van der Waals surface area contributed by atoms with Crippen LogP contribution >= 0.6 is 11.8 Å². The molecule has 0 heterocycles. The van der Waals surface area contributed by atoms with Gasteiger partial charge in [0.15, 0.2) is 0 Å². The van der Waals surface area contributed by atoms with E-state index in [1.54, 1.807) is 11.8 Å². The van der Waals surface area contributed by atoms with Gasteiger partial charge in [0.25, 0.3) is 0 Å². The Bertz CT molecular complexity index is 295. The maximum atomic E-state index is 12.2. The molecule has 5 heteroatoms. The summed E-state index contributed by atoms with van der Waals surface area (Å²) in [6.45, 7) is 0.589. The summed E-state index contributed by atoms with van der Waals surface area (Å²) in [7, 11) is 0. The van der Waals surface area contributed by atoms with Crippen LogP contribution in [0.2, 0.25) is 0 Å². The maximum absolute atomic E-state index is 12.2. The van der Waals surface area contributed by atoms with Gasteiger partial charge in [-0.05, 0) is 17.7 Å². The highest BCUT2D eigenvalue weighted by atomic mass is 32.2. The van der Waals surface area contributed by atoms with Crippen molar-refractivity contribution in [2.75, 3.05) is 12.3 Å². The molecule has 1 rings (SSSR count). The van der Waals surface area contributed by atoms with Crippen molar-refractivity contribution in [1.82, 2.24) is 0 Å². The number of thioether (sulfide) groups is 1. The van der Waals surface area contributed by atoms with Gasteiger partial charge in [-0.25, -0.2) is 0 Å². The van der Waals surface area contributed by atoms with Crippen molar-refractivity contribution in [2.24, 2.45) is 5.73 Å². The summed E-state index contributed by atoms with van der Waals surface area (Å²) in [5, 5.41) is 0.